The topological polar surface area (TPSA) is 105 Å². The van der Waals surface area contributed by atoms with Gasteiger partial charge in [-0.05, 0) is 49.8 Å². The lowest BCUT2D eigenvalue weighted by Crippen LogP contribution is -2.37. The number of imidazole rings is 1. The minimum absolute atomic E-state index is 0.0605. The summed E-state index contributed by atoms with van der Waals surface area (Å²) in [5, 5.41) is 10.9. The molecule has 0 aliphatic carbocycles. The Labute approximate surface area is 215 Å². The van der Waals surface area contributed by atoms with Crippen LogP contribution in [0.1, 0.15) is 24.0 Å². The predicted molar refractivity (Wildman–Crippen MR) is 143 cm³/mol. The molecular formula is C28H33N5O4. The van der Waals surface area contributed by atoms with E-state index in [9.17, 15) is 14.7 Å². The van der Waals surface area contributed by atoms with Crippen molar-refractivity contribution in [1.82, 2.24) is 19.1 Å². The van der Waals surface area contributed by atoms with E-state index < -0.39 is 17.4 Å². The number of aromatic nitrogens is 4. The molecule has 1 aliphatic heterocycles. The third-order valence-electron chi connectivity index (χ3n) is 7.11. The number of piperidine rings is 1. The molecule has 3 heterocycles. The Morgan fingerprint density at radius 3 is 2.49 bits per heavy atom. The van der Waals surface area contributed by atoms with Crippen LogP contribution < -0.4 is 20.9 Å². The zero-order valence-electron chi connectivity index (χ0n) is 21.3. The van der Waals surface area contributed by atoms with Crippen molar-refractivity contribution < 1.29 is 9.84 Å². The first-order valence-corrected chi connectivity index (χ1v) is 12.7. The smallest absolute Gasteiger partial charge is 0.329 e. The monoisotopic (exact) mass is 503 g/mol. The van der Waals surface area contributed by atoms with E-state index in [0.717, 1.165) is 37.9 Å². The number of H-pyrrole nitrogens is 1. The molecule has 4 aromatic rings. The first-order valence-electron chi connectivity index (χ1n) is 12.7. The molecule has 0 saturated carbocycles. The first-order chi connectivity index (χ1) is 17.9. The maximum atomic E-state index is 12.9. The van der Waals surface area contributed by atoms with Crippen LogP contribution in [0.15, 0.2) is 64.2 Å². The SMILES string of the molecule is Cc1ccc(OCC(O)Cn2c(N3CCC(Cc4ccccc4)CC3)nc3c2c(=O)[nH]c(=O)n3C)cc1. The minimum atomic E-state index is -0.885. The molecule has 1 aliphatic rings. The summed E-state index contributed by atoms with van der Waals surface area (Å²) < 4.78 is 8.85. The second-order valence-electron chi connectivity index (χ2n) is 9.91. The van der Waals surface area contributed by atoms with E-state index in [4.69, 9.17) is 9.72 Å². The van der Waals surface area contributed by atoms with Crippen molar-refractivity contribution in [2.24, 2.45) is 13.0 Å². The quantitative estimate of drug-likeness (QED) is 0.383. The summed E-state index contributed by atoms with van der Waals surface area (Å²) in [6.07, 6.45) is 2.14. The van der Waals surface area contributed by atoms with Gasteiger partial charge in [-0.15, -0.1) is 0 Å². The van der Waals surface area contributed by atoms with Gasteiger partial charge in [0.15, 0.2) is 11.2 Å². The van der Waals surface area contributed by atoms with E-state index in [0.29, 0.717) is 23.3 Å². The molecule has 5 rings (SSSR count). The summed E-state index contributed by atoms with van der Waals surface area (Å²) in [7, 11) is 1.59. The maximum absolute atomic E-state index is 12.9. The van der Waals surface area contributed by atoms with Crippen molar-refractivity contribution in [3.05, 3.63) is 86.6 Å². The molecule has 0 radical (unpaired) electrons. The summed E-state index contributed by atoms with van der Waals surface area (Å²) in [6, 6.07) is 18.1. The van der Waals surface area contributed by atoms with Crippen molar-refractivity contribution in [2.75, 3.05) is 24.6 Å². The lowest BCUT2D eigenvalue weighted by atomic mass is 9.90. The highest BCUT2D eigenvalue weighted by molar-refractivity contribution is 5.74. The molecule has 1 fully saturated rings. The van der Waals surface area contributed by atoms with Gasteiger partial charge in [-0.1, -0.05) is 48.0 Å². The van der Waals surface area contributed by atoms with Gasteiger partial charge < -0.3 is 19.3 Å². The zero-order valence-corrected chi connectivity index (χ0v) is 21.3. The van der Waals surface area contributed by atoms with Gasteiger partial charge in [0.05, 0.1) is 6.54 Å². The lowest BCUT2D eigenvalue weighted by molar-refractivity contribution is 0.0935. The average molecular weight is 504 g/mol. The number of rotatable bonds is 8. The van der Waals surface area contributed by atoms with Gasteiger partial charge in [0.1, 0.15) is 18.5 Å². The van der Waals surface area contributed by atoms with E-state index in [-0.39, 0.29) is 18.7 Å². The Morgan fingerprint density at radius 1 is 1.08 bits per heavy atom. The number of ether oxygens (including phenoxy) is 1. The fourth-order valence-corrected chi connectivity index (χ4v) is 5.01. The average Bonchev–Trinajstić information content (AvgIpc) is 3.28. The van der Waals surface area contributed by atoms with Gasteiger partial charge in [-0.2, -0.15) is 4.98 Å². The summed E-state index contributed by atoms with van der Waals surface area (Å²) in [6.45, 7) is 3.73. The van der Waals surface area contributed by atoms with Gasteiger partial charge in [0.2, 0.25) is 5.95 Å². The zero-order chi connectivity index (χ0) is 25.9. The number of aliphatic hydroxyl groups is 1. The molecular weight excluding hydrogens is 470 g/mol. The summed E-state index contributed by atoms with van der Waals surface area (Å²) in [5.74, 6) is 1.83. The van der Waals surface area contributed by atoms with Crippen LogP contribution in [0.25, 0.3) is 11.2 Å². The van der Waals surface area contributed by atoms with Crippen LogP contribution in [0.2, 0.25) is 0 Å². The molecule has 2 aromatic carbocycles. The minimum Gasteiger partial charge on any atom is -0.491 e. The normalized spacial score (nSPS) is 15.3. The molecule has 2 N–H and O–H groups in total. The Bertz CT molecular complexity index is 1460. The van der Waals surface area contributed by atoms with Crippen LogP contribution in [0, 0.1) is 12.8 Å². The van der Waals surface area contributed by atoms with E-state index in [2.05, 4.69) is 34.1 Å². The Morgan fingerprint density at radius 2 is 1.78 bits per heavy atom. The molecule has 1 unspecified atom stereocenters. The second-order valence-corrected chi connectivity index (χ2v) is 9.91. The first kappa shape index (κ1) is 24.8. The van der Waals surface area contributed by atoms with Crippen LogP contribution in [0.3, 0.4) is 0 Å². The van der Waals surface area contributed by atoms with Gasteiger partial charge in [0.25, 0.3) is 5.56 Å². The molecule has 0 bridgehead atoms. The third-order valence-corrected chi connectivity index (χ3v) is 7.11. The molecule has 0 spiro atoms. The predicted octanol–water partition coefficient (Wildman–Crippen LogP) is 2.63. The molecule has 37 heavy (non-hydrogen) atoms. The third kappa shape index (κ3) is 5.46. The Hall–Kier alpha value is -3.85. The highest BCUT2D eigenvalue weighted by atomic mass is 16.5. The number of benzene rings is 2. The second kappa shape index (κ2) is 10.6. The molecule has 1 saturated heterocycles. The van der Waals surface area contributed by atoms with Gasteiger partial charge in [0, 0.05) is 20.1 Å². The number of aryl methyl sites for hydroxylation is 2. The van der Waals surface area contributed by atoms with Gasteiger partial charge in [-0.25, -0.2) is 4.79 Å². The fraction of sp³-hybridized carbons (Fsp3) is 0.393. The standard InChI is InChI=1S/C28H33N5O4/c1-19-8-10-23(11-9-19)37-18-22(34)17-33-24-25(31(2)28(36)30-26(24)35)29-27(33)32-14-12-21(13-15-32)16-20-6-4-3-5-7-20/h3-11,21-22,34H,12-18H2,1-2H3,(H,30,35,36). The van der Waals surface area contributed by atoms with Crippen LogP contribution in [0.5, 0.6) is 5.75 Å². The van der Waals surface area contributed by atoms with Crippen molar-refractivity contribution in [3.8, 4) is 5.75 Å². The summed E-state index contributed by atoms with van der Waals surface area (Å²) in [5.41, 5.74) is 2.02. The number of hydrogen-bond donors (Lipinski definition) is 2. The fourth-order valence-electron chi connectivity index (χ4n) is 5.01. The molecule has 194 valence electrons. The van der Waals surface area contributed by atoms with Crippen molar-refractivity contribution in [3.63, 3.8) is 0 Å². The molecule has 9 nitrogen and oxygen atoms in total. The van der Waals surface area contributed by atoms with Gasteiger partial charge >= 0.3 is 5.69 Å². The number of nitrogens with one attached hydrogen (secondary N) is 1. The van der Waals surface area contributed by atoms with Crippen molar-refractivity contribution in [2.45, 2.75) is 38.8 Å². The van der Waals surface area contributed by atoms with Crippen LogP contribution in [-0.4, -0.2) is 50.0 Å². The van der Waals surface area contributed by atoms with E-state index in [1.165, 1.54) is 10.1 Å². The summed E-state index contributed by atoms with van der Waals surface area (Å²) >= 11 is 0. The van der Waals surface area contributed by atoms with E-state index in [1.807, 2.05) is 37.3 Å². The number of fused-ring (bicyclic) bond motifs is 1. The van der Waals surface area contributed by atoms with Crippen LogP contribution >= 0.6 is 0 Å². The van der Waals surface area contributed by atoms with Gasteiger partial charge in [-0.3, -0.25) is 14.3 Å². The van der Waals surface area contributed by atoms with E-state index in [1.54, 1.807) is 11.6 Å². The van der Waals surface area contributed by atoms with Crippen LogP contribution in [0.4, 0.5) is 5.95 Å². The summed E-state index contributed by atoms with van der Waals surface area (Å²) in [4.78, 5) is 34.4. The number of aliphatic hydroxyl groups excluding tert-OH is 1. The van der Waals surface area contributed by atoms with Crippen molar-refractivity contribution >= 4 is 17.1 Å². The number of aromatic amines is 1. The number of anilines is 1. The Balaban J connectivity index is 1.37. The lowest BCUT2D eigenvalue weighted by Gasteiger charge is -2.33. The number of hydrogen-bond acceptors (Lipinski definition) is 6. The van der Waals surface area contributed by atoms with Crippen LogP contribution in [-0.2, 0) is 20.0 Å². The molecule has 1 atom stereocenters. The molecule has 2 aromatic heterocycles. The number of nitrogens with zero attached hydrogens (tertiary/aromatic N) is 4. The highest BCUT2D eigenvalue weighted by Gasteiger charge is 2.27. The molecule has 9 heteroatoms. The Kier molecular flexibility index (Phi) is 7.14. The largest absolute Gasteiger partial charge is 0.491 e. The van der Waals surface area contributed by atoms with Crippen molar-refractivity contribution in [1.29, 1.82) is 0 Å². The maximum Gasteiger partial charge on any atom is 0.329 e. The van der Waals surface area contributed by atoms with E-state index >= 15 is 0 Å². The molecule has 0 amide bonds. The highest BCUT2D eigenvalue weighted by Crippen LogP contribution is 2.27.